The molecule has 6 heteroatoms. The van der Waals surface area contributed by atoms with Gasteiger partial charge in [0.25, 0.3) is 5.91 Å². The van der Waals surface area contributed by atoms with E-state index in [2.05, 4.69) is 10.4 Å². The van der Waals surface area contributed by atoms with Gasteiger partial charge in [0.1, 0.15) is 5.76 Å². The molecule has 0 aliphatic carbocycles. The fourth-order valence-corrected chi connectivity index (χ4v) is 3.50. The fraction of sp³-hybridized carbons (Fsp3) is 0.0400. The van der Waals surface area contributed by atoms with Crippen LogP contribution in [-0.2, 0) is 6.54 Å². The zero-order valence-electron chi connectivity index (χ0n) is 16.7. The highest BCUT2D eigenvalue weighted by Crippen LogP contribution is 2.28. The van der Waals surface area contributed by atoms with Crippen LogP contribution in [0.25, 0.3) is 22.2 Å². The van der Waals surface area contributed by atoms with Gasteiger partial charge in [-0.2, -0.15) is 5.10 Å². The van der Waals surface area contributed by atoms with E-state index in [1.807, 2.05) is 71.5 Å². The van der Waals surface area contributed by atoms with Crippen LogP contribution in [0.2, 0.25) is 0 Å². The molecule has 2 aromatic heterocycles. The maximum atomic E-state index is 12.7. The molecule has 0 unspecified atom stereocenters. The van der Waals surface area contributed by atoms with Crippen molar-refractivity contribution in [2.45, 2.75) is 6.54 Å². The molecule has 5 aromatic rings. The van der Waals surface area contributed by atoms with Crippen LogP contribution in [0.15, 0.2) is 95.7 Å². The number of furan rings is 1. The quantitative estimate of drug-likeness (QED) is 0.392. The van der Waals surface area contributed by atoms with Crippen molar-refractivity contribution in [2.24, 2.45) is 0 Å². The molecule has 31 heavy (non-hydrogen) atoms. The Morgan fingerprint density at radius 1 is 1.00 bits per heavy atom. The molecular formula is C25H20N4O2. The first-order valence-electron chi connectivity index (χ1n) is 9.91. The maximum Gasteiger partial charge on any atom is 0.255 e. The van der Waals surface area contributed by atoms with Crippen LogP contribution in [0.5, 0.6) is 0 Å². The smallest absolute Gasteiger partial charge is 0.255 e. The van der Waals surface area contributed by atoms with Gasteiger partial charge in [-0.05, 0) is 54.1 Å². The molecule has 0 saturated heterocycles. The standard InChI is InChI=1S/C25H20N4O2/c26-21-12-11-19(24-6-3-13-31-24)14-23(21)27-25(30)18-9-7-17(8-10-18)15-29-16-20-4-1-2-5-22(20)28-29/h1-14,16H,15,26H2,(H,27,30). The molecule has 3 N–H and O–H groups in total. The molecule has 0 aliphatic rings. The van der Waals surface area contributed by atoms with Gasteiger partial charge >= 0.3 is 0 Å². The number of carbonyl (C=O) groups excluding carboxylic acids is 1. The van der Waals surface area contributed by atoms with E-state index in [0.29, 0.717) is 29.2 Å². The summed E-state index contributed by atoms with van der Waals surface area (Å²) < 4.78 is 7.33. The Morgan fingerprint density at radius 2 is 1.84 bits per heavy atom. The second-order valence-corrected chi connectivity index (χ2v) is 7.32. The molecule has 1 amide bonds. The number of benzene rings is 3. The Morgan fingerprint density at radius 3 is 2.61 bits per heavy atom. The predicted octanol–water partition coefficient (Wildman–Crippen LogP) is 5.18. The van der Waals surface area contributed by atoms with E-state index < -0.39 is 0 Å². The summed E-state index contributed by atoms with van der Waals surface area (Å²) in [6.07, 6.45) is 3.63. The largest absolute Gasteiger partial charge is 0.464 e. The first-order valence-corrected chi connectivity index (χ1v) is 9.91. The van der Waals surface area contributed by atoms with E-state index in [0.717, 1.165) is 22.0 Å². The average molecular weight is 408 g/mol. The molecule has 152 valence electrons. The van der Waals surface area contributed by atoms with Gasteiger partial charge in [0.05, 0.1) is 29.7 Å². The minimum atomic E-state index is -0.223. The van der Waals surface area contributed by atoms with E-state index in [9.17, 15) is 4.79 Å². The Bertz CT molecular complexity index is 1320. The SMILES string of the molecule is Nc1ccc(-c2ccco2)cc1NC(=O)c1ccc(Cn2cc3ccccc3n2)cc1. The van der Waals surface area contributed by atoms with Crippen LogP contribution in [0.1, 0.15) is 15.9 Å². The Hall–Kier alpha value is -4.32. The van der Waals surface area contributed by atoms with Crippen molar-refractivity contribution in [1.29, 1.82) is 0 Å². The van der Waals surface area contributed by atoms with Crippen molar-refractivity contribution in [3.05, 3.63) is 102 Å². The lowest BCUT2D eigenvalue weighted by atomic mass is 10.1. The van der Waals surface area contributed by atoms with Gasteiger partial charge in [0.15, 0.2) is 0 Å². The molecule has 6 nitrogen and oxygen atoms in total. The highest BCUT2D eigenvalue weighted by atomic mass is 16.3. The number of nitrogens with zero attached hydrogens (tertiary/aromatic N) is 2. The number of nitrogens with one attached hydrogen (secondary N) is 1. The summed E-state index contributed by atoms with van der Waals surface area (Å²) in [5, 5.41) is 8.57. The molecule has 0 aliphatic heterocycles. The number of carbonyl (C=O) groups is 1. The summed E-state index contributed by atoms with van der Waals surface area (Å²) in [5.74, 6) is 0.491. The molecule has 5 rings (SSSR count). The van der Waals surface area contributed by atoms with Crippen molar-refractivity contribution in [3.8, 4) is 11.3 Å². The van der Waals surface area contributed by atoms with E-state index in [4.69, 9.17) is 10.2 Å². The Kier molecular flexibility index (Phi) is 4.72. The number of nitrogens with two attached hydrogens (primary N) is 1. The zero-order chi connectivity index (χ0) is 21.2. The molecular weight excluding hydrogens is 388 g/mol. The number of hydrogen-bond acceptors (Lipinski definition) is 4. The normalized spacial score (nSPS) is 11.0. The zero-order valence-corrected chi connectivity index (χ0v) is 16.7. The third-order valence-electron chi connectivity index (χ3n) is 5.13. The molecule has 0 saturated carbocycles. The van der Waals surface area contributed by atoms with Crippen LogP contribution in [0.4, 0.5) is 11.4 Å². The van der Waals surface area contributed by atoms with E-state index in [1.54, 1.807) is 24.5 Å². The summed E-state index contributed by atoms with van der Waals surface area (Å²) >= 11 is 0. The van der Waals surface area contributed by atoms with Crippen LogP contribution in [0.3, 0.4) is 0 Å². The second-order valence-electron chi connectivity index (χ2n) is 7.32. The van der Waals surface area contributed by atoms with Crippen LogP contribution in [0, 0.1) is 0 Å². The fourth-order valence-electron chi connectivity index (χ4n) is 3.50. The summed E-state index contributed by atoms with van der Waals surface area (Å²) in [5.41, 5.74) is 10.5. The third kappa shape index (κ3) is 3.91. The highest BCUT2D eigenvalue weighted by Gasteiger charge is 2.11. The van der Waals surface area contributed by atoms with Crippen molar-refractivity contribution in [1.82, 2.24) is 9.78 Å². The van der Waals surface area contributed by atoms with Gasteiger partial charge in [-0.25, -0.2) is 0 Å². The lowest BCUT2D eigenvalue weighted by Gasteiger charge is -2.10. The van der Waals surface area contributed by atoms with Crippen molar-refractivity contribution in [2.75, 3.05) is 11.1 Å². The first kappa shape index (κ1) is 18.7. The number of rotatable bonds is 5. The lowest BCUT2D eigenvalue weighted by molar-refractivity contribution is 0.102. The van der Waals surface area contributed by atoms with E-state index in [-0.39, 0.29) is 5.91 Å². The van der Waals surface area contributed by atoms with Gasteiger partial charge in [0, 0.05) is 22.7 Å². The van der Waals surface area contributed by atoms with Crippen LogP contribution >= 0.6 is 0 Å². The topological polar surface area (TPSA) is 86.1 Å². The molecule has 0 spiro atoms. The van der Waals surface area contributed by atoms with Crippen molar-refractivity contribution < 1.29 is 9.21 Å². The first-order chi connectivity index (χ1) is 15.2. The van der Waals surface area contributed by atoms with E-state index in [1.165, 1.54) is 0 Å². The second kappa shape index (κ2) is 7.84. The minimum absolute atomic E-state index is 0.223. The van der Waals surface area contributed by atoms with Gasteiger partial charge in [-0.1, -0.05) is 30.3 Å². The number of fused-ring (bicyclic) bond motifs is 1. The predicted molar refractivity (Wildman–Crippen MR) is 122 cm³/mol. The highest BCUT2D eigenvalue weighted by molar-refractivity contribution is 6.06. The number of amides is 1. The van der Waals surface area contributed by atoms with Gasteiger partial charge in [-0.3, -0.25) is 9.48 Å². The lowest BCUT2D eigenvalue weighted by Crippen LogP contribution is -2.13. The summed E-state index contributed by atoms with van der Waals surface area (Å²) in [6.45, 7) is 0.634. The molecule has 0 atom stereocenters. The maximum absolute atomic E-state index is 12.7. The Balaban J connectivity index is 1.30. The molecule has 0 radical (unpaired) electrons. The summed E-state index contributed by atoms with van der Waals surface area (Å²) in [7, 11) is 0. The number of nitrogen functional groups attached to an aromatic ring is 1. The Labute approximate surface area is 178 Å². The number of anilines is 2. The van der Waals surface area contributed by atoms with Crippen molar-refractivity contribution >= 4 is 28.2 Å². The van der Waals surface area contributed by atoms with Crippen LogP contribution in [-0.4, -0.2) is 15.7 Å². The van der Waals surface area contributed by atoms with Crippen molar-refractivity contribution in [3.63, 3.8) is 0 Å². The molecule has 3 aromatic carbocycles. The van der Waals surface area contributed by atoms with E-state index >= 15 is 0 Å². The summed E-state index contributed by atoms with van der Waals surface area (Å²) in [6, 6.07) is 24.6. The number of aromatic nitrogens is 2. The minimum Gasteiger partial charge on any atom is -0.464 e. The van der Waals surface area contributed by atoms with Gasteiger partial charge in [-0.15, -0.1) is 0 Å². The molecule has 2 heterocycles. The van der Waals surface area contributed by atoms with Gasteiger partial charge in [0.2, 0.25) is 0 Å². The molecule has 0 fully saturated rings. The average Bonchev–Trinajstić information content (AvgIpc) is 3.45. The molecule has 0 bridgehead atoms. The monoisotopic (exact) mass is 408 g/mol. The van der Waals surface area contributed by atoms with Gasteiger partial charge < -0.3 is 15.5 Å². The third-order valence-corrected chi connectivity index (χ3v) is 5.13. The number of hydrogen-bond donors (Lipinski definition) is 2. The van der Waals surface area contributed by atoms with Crippen LogP contribution < -0.4 is 11.1 Å². The summed E-state index contributed by atoms with van der Waals surface area (Å²) in [4.78, 5) is 12.7.